The van der Waals surface area contributed by atoms with Crippen molar-refractivity contribution in [3.8, 4) is 0 Å². The Kier molecular flexibility index (Phi) is 5.23. The van der Waals surface area contributed by atoms with Crippen LogP contribution in [0.4, 0.5) is 0 Å². The summed E-state index contributed by atoms with van der Waals surface area (Å²) in [6.45, 7) is 6.16. The van der Waals surface area contributed by atoms with Crippen molar-refractivity contribution in [2.75, 3.05) is 0 Å². The topological polar surface area (TPSA) is 45.8 Å². The summed E-state index contributed by atoms with van der Waals surface area (Å²) >= 11 is 0. The van der Waals surface area contributed by atoms with Gasteiger partial charge in [-0.3, -0.25) is 4.79 Å². The molecule has 0 fully saturated rings. The first-order valence-electron chi connectivity index (χ1n) is 6.27. The summed E-state index contributed by atoms with van der Waals surface area (Å²) in [6.07, 6.45) is 5.87. The van der Waals surface area contributed by atoms with Crippen LogP contribution in [-0.2, 0) is 6.42 Å². The highest BCUT2D eigenvalue weighted by molar-refractivity contribution is 5.95. The molecule has 0 radical (unpaired) electrons. The van der Waals surface area contributed by atoms with Crippen LogP contribution in [0, 0.1) is 6.92 Å². The van der Waals surface area contributed by atoms with E-state index in [-0.39, 0.29) is 5.78 Å². The van der Waals surface area contributed by atoms with Crippen LogP contribution in [0.1, 0.15) is 68.0 Å². The lowest BCUT2D eigenvalue weighted by Crippen LogP contribution is -2.01. The molecule has 1 aromatic rings. The maximum atomic E-state index is 11.9. The van der Waals surface area contributed by atoms with Crippen molar-refractivity contribution in [2.45, 2.75) is 59.3 Å². The molecule has 0 saturated carbocycles. The number of nitrogens with one attached hydrogen (secondary N) is 1. The number of unbranched alkanes of at least 4 members (excludes halogenated alkanes) is 2. The van der Waals surface area contributed by atoms with Gasteiger partial charge in [0.2, 0.25) is 0 Å². The van der Waals surface area contributed by atoms with Crippen LogP contribution in [0.15, 0.2) is 0 Å². The van der Waals surface area contributed by atoms with Crippen molar-refractivity contribution >= 4 is 5.78 Å². The van der Waals surface area contributed by atoms with E-state index in [1.54, 1.807) is 0 Å². The summed E-state index contributed by atoms with van der Waals surface area (Å²) in [6, 6.07) is 0. The standard InChI is InChI=1S/C13H22N2O/c1-4-6-7-9-11(16)13-10(3)14-12(15-13)8-5-2/h4-9H2,1-3H3,(H,14,15). The number of aryl methyl sites for hydroxylation is 2. The molecule has 1 N–H and O–H groups in total. The Morgan fingerprint density at radius 3 is 2.62 bits per heavy atom. The Bertz CT molecular complexity index is 342. The summed E-state index contributed by atoms with van der Waals surface area (Å²) in [5.41, 5.74) is 1.57. The van der Waals surface area contributed by atoms with Crippen LogP contribution < -0.4 is 0 Å². The molecule has 0 aliphatic heterocycles. The Morgan fingerprint density at radius 1 is 1.25 bits per heavy atom. The monoisotopic (exact) mass is 222 g/mol. The predicted octanol–water partition coefficient (Wildman–Crippen LogP) is 3.43. The van der Waals surface area contributed by atoms with Gasteiger partial charge in [-0.25, -0.2) is 4.98 Å². The minimum Gasteiger partial charge on any atom is -0.339 e. The molecule has 0 unspecified atom stereocenters. The molecule has 3 heteroatoms. The van der Waals surface area contributed by atoms with E-state index >= 15 is 0 Å². The number of imidazole rings is 1. The maximum Gasteiger partial charge on any atom is 0.180 e. The molecule has 0 aromatic carbocycles. The van der Waals surface area contributed by atoms with Gasteiger partial charge in [-0.1, -0.05) is 26.7 Å². The third kappa shape index (κ3) is 3.47. The normalized spacial score (nSPS) is 10.7. The van der Waals surface area contributed by atoms with Crippen molar-refractivity contribution in [1.29, 1.82) is 0 Å². The van der Waals surface area contributed by atoms with Crippen molar-refractivity contribution in [3.05, 3.63) is 17.2 Å². The van der Waals surface area contributed by atoms with Gasteiger partial charge in [-0.05, 0) is 19.8 Å². The first kappa shape index (κ1) is 12.9. The summed E-state index contributed by atoms with van der Waals surface area (Å²) < 4.78 is 0. The molecule has 0 aliphatic rings. The van der Waals surface area contributed by atoms with E-state index in [1.165, 1.54) is 0 Å². The van der Waals surface area contributed by atoms with Gasteiger partial charge in [-0.15, -0.1) is 0 Å². The number of Topliss-reactive ketones (excluding diaryl/α,β-unsaturated/α-hetero) is 1. The number of carbonyl (C=O) groups excluding carboxylic acids is 1. The quantitative estimate of drug-likeness (QED) is 0.567. The van der Waals surface area contributed by atoms with Crippen molar-refractivity contribution in [1.82, 2.24) is 9.97 Å². The average molecular weight is 222 g/mol. The molecule has 0 aliphatic carbocycles. The van der Waals surface area contributed by atoms with Gasteiger partial charge in [0.25, 0.3) is 0 Å². The number of nitrogens with zero attached hydrogens (tertiary/aromatic N) is 1. The summed E-state index contributed by atoms with van der Waals surface area (Å²) in [4.78, 5) is 19.4. The molecule has 0 bridgehead atoms. The Morgan fingerprint density at radius 2 is 2.00 bits per heavy atom. The van der Waals surface area contributed by atoms with Gasteiger partial charge in [0.1, 0.15) is 11.5 Å². The van der Waals surface area contributed by atoms with Gasteiger partial charge >= 0.3 is 0 Å². The number of carbonyl (C=O) groups is 1. The first-order chi connectivity index (χ1) is 7.69. The molecular weight excluding hydrogens is 200 g/mol. The molecule has 1 aromatic heterocycles. The fourth-order valence-electron chi connectivity index (χ4n) is 1.81. The molecule has 0 spiro atoms. The van der Waals surface area contributed by atoms with E-state index in [0.717, 1.165) is 49.3 Å². The van der Waals surface area contributed by atoms with Gasteiger partial charge in [0.05, 0.1) is 5.69 Å². The highest BCUT2D eigenvalue weighted by Crippen LogP contribution is 2.11. The second-order valence-corrected chi connectivity index (χ2v) is 4.27. The molecule has 0 atom stereocenters. The predicted molar refractivity (Wildman–Crippen MR) is 65.8 cm³/mol. The lowest BCUT2D eigenvalue weighted by Gasteiger charge is -1.98. The van der Waals surface area contributed by atoms with Crippen molar-refractivity contribution < 1.29 is 4.79 Å². The van der Waals surface area contributed by atoms with Crippen LogP contribution >= 0.6 is 0 Å². The van der Waals surface area contributed by atoms with Crippen LogP contribution in [0.2, 0.25) is 0 Å². The number of ketones is 1. The second-order valence-electron chi connectivity index (χ2n) is 4.27. The molecular formula is C13H22N2O. The molecule has 3 nitrogen and oxygen atoms in total. The zero-order valence-electron chi connectivity index (χ0n) is 10.6. The molecule has 90 valence electrons. The van der Waals surface area contributed by atoms with Gasteiger partial charge in [-0.2, -0.15) is 0 Å². The highest BCUT2D eigenvalue weighted by Gasteiger charge is 2.13. The highest BCUT2D eigenvalue weighted by atomic mass is 16.1. The van der Waals surface area contributed by atoms with Gasteiger partial charge in [0.15, 0.2) is 5.78 Å². The minimum atomic E-state index is 0.209. The number of hydrogen-bond acceptors (Lipinski definition) is 2. The van der Waals surface area contributed by atoms with Crippen LogP contribution in [-0.4, -0.2) is 15.8 Å². The van der Waals surface area contributed by atoms with Gasteiger partial charge in [0, 0.05) is 12.8 Å². The number of aromatic nitrogens is 2. The molecule has 1 heterocycles. The summed E-state index contributed by atoms with van der Waals surface area (Å²) in [7, 11) is 0. The smallest absolute Gasteiger partial charge is 0.180 e. The third-order valence-electron chi connectivity index (χ3n) is 2.71. The van der Waals surface area contributed by atoms with E-state index in [2.05, 4.69) is 23.8 Å². The number of rotatable bonds is 7. The van der Waals surface area contributed by atoms with Crippen LogP contribution in [0.25, 0.3) is 0 Å². The molecule has 0 saturated heterocycles. The SMILES string of the molecule is CCCCCC(=O)c1[nH]c(CCC)nc1C. The van der Waals surface area contributed by atoms with Crippen LogP contribution in [0.3, 0.4) is 0 Å². The summed E-state index contributed by atoms with van der Waals surface area (Å²) in [5, 5.41) is 0. The average Bonchev–Trinajstić information content (AvgIpc) is 2.60. The lowest BCUT2D eigenvalue weighted by atomic mass is 10.1. The van der Waals surface area contributed by atoms with E-state index in [0.29, 0.717) is 6.42 Å². The Labute approximate surface area is 97.7 Å². The molecule has 0 amide bonds. The van der Waals surface area contributed by atoms with Crippen LogP contribution in [0.5, 0.6) is 0 Å². The molecule has 16 heavy (non-hydrogen) atoms. The summed E-state index contributed by atoms with van der Waals surface area (Å²) in [5.74, 6) is 1.15. The van der Waals surface area contributed by atoms with E-state index < -0.39 is 0 Å². The maximum absolute atomic E-state index is 11.9. The fourth-order valence-corrected chi connectivity index (χ4v) is 1.81. The first-order valence-corrected chi connectivity index (χ1v) is 6.27. The number of H-pyrrole nitrogens is 1. The second kappa shape index (κ2) is 6.46. The Balaban J connectivity index is 2.60. The van der Waals surface area contributed by atoms with Crippen molar-refractivity contribution in [2.24, 2.45) is 0 Å². The Hall–Kier alpha value is -1.12. The third-order valence-corrected chi connectivity index (χ3v) is 2.71. The van der Waals surface area contributed by atoms with E-state index in [9.17, 15) is 4.79 Å². The largest absolute Gasteiger partial charge is 0.339 e. The lowest BCUT2D eigenvalue weighted by molar-refractivity contribution is 0.0974. The minimum absolute atomic E-state index is 0.209. The van der Waals surface area contributed by atoms with Crippen molar-refractivity contribution in [3.63, 3.8) is 0 Å². The zero-order valence-corrected chi connectivity index (χ0v) is 10.6. The number of aromatic amines is 1. The fraction of sp³-hybridized carbons (Fsp3) is 0.692. The van der Waals surface area contributed by atoms with E-state index in [1.807, 2.05) is 6.92 Å². The zero-order chi connectivity index (χ0) is 12.0. The van der Waals surface area contributed by atoms with Gasteiger partial charge < -0.3 is 4.98 Å². The van der Waals surface area contributed by atoms with E-state index in [4.69, 9.17) is 0 Å². The molecule has 1 rings (SSSR count). The number of hydrogen-bond donors (Lipinski definition) is 1.